The normalized spacial score (nSPS) is 19.6. The summed E-state index contributed by atoms with van der Waals surface area (Å²) < 4.78 is 0. The van der Waals surface area contributed by atoms with Crippen molar-refractivity contribution in [2.45, 2.75) is 58.4 Å². The van der Waals surface area contributed by atoms with Gasteiger partial charge in [-0.2, -0.15) is 0 Å². The van der Waals surface area contributed by atoms with Gasteiger partial charge in [0, 0.05) is 6.54 Å². The van der Waals surface area contributed by atoms with Crippen LogP contribution in [0.4, 0.5) is 0 Å². The van der Waals surface area contributed by atoms with E-state index in [1.807, 2.05) is 6.92 Å². The van der Waals surface area contributed by atoms with Gasteiger partial charge < -0.3 is 11.1 Å². The number of rotatable bonds is 4. The van der Waals surface area contributed by atoms with Crippen molar-refractivity contribution in [1.29, 1.82) is 0 Å². The zero-order valence-corrected chi connectivity index (χ0v) is 13.3. The second kappa shape index (κ2) is 7.08. The molecule has 1 saturated carbocycles. The maximum absolute atomic E-state index is 12.8. The summed E-state index contributed by atoms with van der Waals surface area (Å²) in [7, 11) is 0. The largest absolute Gasteiger partial charge is 0.349 e. The average Bonchev–Trinajstić information content (AvgIpc) is 2.74. The molecule has 0 radical (unpaired) electrons. The molecule has 1 unspecified atom stereocenters. The van der Waals surface area contributed by atoms with Gasteiger partial charge >= 0.3 is 0 Å². The number of benzene rings is 1. The monoisotopic (exact) mass is 288 g/mol. The lowest BCUT2D eigenvalue weighted by atomic mass is 9.79. The third-order valence-corrected chi connectivity index (χ3v) is 4.86. The van der Waals surface area contributed by atoms with Crippen LogP contribution in [0, 0.1) is 12.3 Å². The Hall–Kier alpha value is -1.35. The van der Waals surface area contributed by atoms with Crippen molar-refractivity contribution in [1.82, 2.24) is 5.32 Å². The minimum atomic E-state index is -0.352. The molecule has 1 aromatic carbocycles. The molecule has 1 atom stereocenters. The molecular formula is C18H28N2O. The zero-order chi connectivity index (χ0) is 15.3. The number of nitrogens with one attached hydrogen (secondary N) is 1. The smallest absolute Gasteiger partial charge is 0.227 e. The second-order valence-electron chi connectivity index (χ2n) is 6.50. The van der Waals surface area contributed by atoms with Crippen LogP contribution in [0.2, 0.25) is 0 Å². The number of hydrogen-bond acceptors (Lipinski definition) is 2. The van der Waals surface area contributed by atoms with Crippen LogP contribution >= 0.6 is 0 Å². The first kappa shape index (κ1) is 16.0. The predicted octanol–water partition coefficient (Wildman–Crippen LogP) is 3.47. The summed E-state index contributed by atoms with van der Waals surface area (Å²) in [6.07, 6.45) is 6.53. The fourth-order valence-electron chi connectivity index (χ4n) is 3.22. The highest BCUT2D eigenvalue weighted by atomic mass is 16.2. The van der Waals surface area contributed by atoms with Crippen molar-refractivity contribution >= 4 is 5.91 Å². The average molecular weight is 288 g/mol. The summed E-state index contributed by atoms with van der Waals surface area (Å²) in [5.41, 5.74) is 8.01. The number of hydrogen-bond donors (Lipinski definition) is 2. The summed E-state index contributed by atoms with van der Waals surface area (Å²) in [6.45, 7) is 4.57. The molecule has 21 heavy (non-hydrogen) atoms. The van der Waals surface area contributed by atoms with Crippen LogP contribution in [0.1, 0.15) is 62.6 Å². The molecule has 1 amide bonds. The van der Waals surface area contributed by atoms with Gasteiger partial charge in [-0.3, -0.25) is 4.79 Å². The molecule has 1 aliphatic carbocycles. The Bertz CT molecular complexity index is 459. The minimum Gasteiger partial charge on any atom is -0.349 e. The minimum absolute atomic E-state index is 0.0322. The standard InChI is InChI=1S/C18H28N2O/c1-14-7-9-16(10-8-14)15(2)20-17(21)18(13-19)11-5-3-4-6-12-18/h7-10,15H,3-6,11-13,19H2,1-2H3,(H,20,21). The van der Waals surface area contributed by atoms with E-state index in [4.69, 9.17) is 5.73 Å². The number of carbonyl (C=O) groups is 1. The third kappa shape index (κ3) is 3.85. The Morgan fingerprint density at radius 1 is 1.19 bits per heavy atom. The molecule has 1 aromatic rings. The van der Waals surface area contributed by atoms with Crippen LogP contribution in [0.15, 0.2) is 24.3 Å². The number of amides is 1. The summed E-state index contributed by atoms with van der Waals surface area (Å²) in [4.78, 5) is 12.8. The Morgan fingerprint density at radius 3 is 2.29 bits per heavy atom. The summed E-state index contributed by atoms with van der Waals surface area (Å²) in [5.74, 6) is 0.139. The highest BCUT2D eigenvalue weighted by molar-refractivity contribution is 5.83. The van der Waals surface area contributed by atoms with Crippen LogP contribution in [0.5, 0.6) is 0 Å². The van der Waals surface area contributed by atoms with Gasteiger partial charge in [0.2, 0.25) is 5.91 Å². The molecule has 0 bridgehead atoms. The van der Waals surface area contributed by atoms with Crippen LogP contribution < -0.4 is 11.1 Å². The SMILES string of the molecule is Cc1ccc(C(C)NC(=O)C2(CN)CCCCCC2)cc1. The molecule has 3 nitrogen and oxygen atoms in total. The second-order valence-corrected chi connectivity index (χ2v) is 6.50. The van der Waals surface area contributed by atoms with E-state index in [1.165, 1.54) is 18.4 Å². The zero-order valence-electron chi connectivity index (χ0n) is 13.3. The first-order valence-electron chi connectivity index (χ1n) is 8.15. The molecule has 0 aromatic heterocycles. The van der Waals surface area contributed by atoms with Crippen LogP contribution in [0.3, 0.4) is 0 Å². The van der Waals surface area contributed by atoms with Gasteiger partial charge in [-0.05, 0) is 32.3 Å². The Balaban J connectivity index is 2.06. The summed E-state index contributed by atoms with van der Waals surface area (Å²) in [5, 5.41) is 3.19. The van der Waals surface area contributed by atoms with Gasteiger partial charge in [0.05, 0.1) is 11.5 Å². The molecule has 0 spiro atoms. The lowest BCUT2D eigenvalue weighted by Crippen LogP contribution is -2.46. The van der Waals surface area contributed by atoms with Crippen molar-refractivity contribution in [3.8, 4) is 0 Å². The summed E-state index contributed by atoms with van der Waals surface area (Å²) >= 11 is 0. The van der Waals surface area contributed by atoms with E-state index in [0.29, 0.717) is 6.54 Å². The molecule has 3 heteroatoms. The van der Waals surface area contributed by atoms with Crippen molar-refractivity contribution < 1.29 is 4.79 Å². The fraction of sp³-hybridized carbons (Fsp3) is 0.611. The lowest BCUT2D eigenvalue weighted by Gasteiger charge is -2.31. The highest BCUT2D eigenvalue weighted by Gasteiger charge is 2.37. The highest BCUT2D eigenvalue weighted by Crippen LogP contribution is 2.35. The van der Waals surface area contributed by atoms with Crippen LogP contribution in [0.25, 0.3) is 0 Å². The number of aryl methyl sites for hydroxylation is 1. The topological polar surface area (TPSA) is 55.1 Å². The van der Waals surface area contributed by atoms with Crippen molar-refractivity contribution in [3.05, 3.63) is 35.4 Å². The van der Waals surface area contributed by atoms with Gasteiger partial charge in [-0.1, -0.05) is 55.5 Å². The van der Waals surface area contributed by atoms with E-state index >= 15 is 0 Å². The van der Waals surface area contributed by atoms with Crippen LogP contribution in [-0.2, 0) is 4.79 Å². The van der Waals surface area contributed by atoms with Crippen molar-refractivity contribution in [2.75, 3.05) is 6.54 Å². The quantitative estimate of drug-likeness (QED) is 0.833. The van der Waals surface area contributed by atoms with Crippen molar-refractivity contribution in [2.24, 2.45) is 11.1 Å². The Kier molecular flexibility index (Phi) is 5.40. The van der Waals surface area contributed by atoms with Gasteiger partial charge in [0.15, 0.2) is 0 Å². The number of carbonyl (C=O) groups excluding carboxylic acids is 1. The van der Waals surface area contributed by atoms with Gasteiger partial charge in [-0.15, -0.1) is 0 Å². The first-order valence-corrected chi connectivity index (χ1v) is 8.15. The maximum Gasteiger partial charge on any atom is 0.227 e. The van der Waals surface area contributed by atoms with E-state index in [2.05, 4.69) is 36.5 Å². The van der Waals surface area contributed by atoms with E-state index < -0.39 is 0 Å². The van der Waals surface area contributed by atoms with Gasteiger partial charge in [-0.25, -0.2) is 0 Å². The van der Waals surface area contributed by atoms with Crippen molar-refractivity contribution in [3.63, 3.8) is 0 Å². The molecular weight excluding hydrogens is 260 g/mol. The lowest BCUT2D eigenvalue weighted by molar-refractivity contribution is -0.132. The fourth-order valence-corrected chi connectivity index (χ4v) is 3.22. The molecule has 1 aliphatic rings. The van der Waals surface area contributed by atoms with E-state index in [-0.39, 0.29) is 17.4 Å². The van der Waals surface area contributed by atoms with Gasteiger partial charge in [0.25, 0.3) is 0 Å². The molecule has 0 aliphatic heterocycles. The van der Waals surface area contributed by atoms with E-state index in [0.717, 1.165) is 31.2 Å². The Labute approximate surface area is 128 Å². The molecule has 0 heterocycles. The molecule has 0 saturated heterocycles. The third-order valence-electron chi connectivity index (χ3n) is 4.86. The Morgan fingerprint density at radius 2 is 1.76 bits per heavy atom. The molecule has 2 rings (SSSR count). The molecule has 116 valence electrons. The van der Waals surface area contributed by atoms with E-state index in [1.54, 1.807) is 0 Å². The van der Waals surface area contributed by atoms with Gasteiger partial charge in [0.1, 0.15) is 0 Å². The van der Waals surface area contributed by atoms with E-state index in [9.17, 15) is 4.79 Å². The maximum atomic E-state index is 12.8. The number of nitrogens with two attached hydrogens (primary N) is 1. The molecule has 3 N–H and O–H groups in total. The first-order chi connectivity index (χ1) is 10.1. The van der Waals surface area contributed by atoms with Crippen LogP contribution in [-0.4, -0.2) is 12.5 Å². The predicted molar refractivity (Wildman–Crippen MR) is 86.9 cm³/mol. The molecule has 1 fully saturated rings. The summed E-state index contributed by atoms with van der Waals surface area (Å²) in [6, 6.07) is 8.38.